The molecule has 0 aliphatic carbocycles. The second kappa shape index (κ2) is 4.26. The molecule has 0 radical (unpaired) electrons. The number of allylic oxidation sites excluding steroid dienone is 1. The van der Waals surface area contributed by atoms with Crippen LogP contribution in [-0.2, 0) is 4.79 Å². The molecule has 1 unspecified atom stereocenters. The highest BCUT2D eigenvalue weighted by Crippen LogP contribution is 2.18. The minimum atomic E-state index is -0.814. The molecule has 1 aliphatic heterocycles. The number of carbonyl (C=O) groups excluding carboxylic acids is 1. The molecule has 0 N–H and O–H groups in total. The lowest BCUT2D eigenvalue weighted by molar-refractivity contribution is -0.118. The Balaban J connectivity index is 2.45. The van der Waals surface area contributed by atoms with Crippen molar-refractivity contribution < 1.29 is 4.79 Å². The number of dihydropyridines is 1. The Morgan fingerprint density at radius 3 is 2.76 bits per heavy atom. The van der Waals surface area contributed by atoms with Crippen LogP contribution in [0.1, 0.15) is 17.2 Å². The molecule has 5 nitrogen and oxygen atoms in total. The fourth-order valence-corrected chi connectivity index (χ4v) is 1.62. The van der Waals surface area contributed by atoms with Crippen LogP contribution >= 0.6 is 0 Å². The van der Waals surface area contributed by atoms with E-state index < -0.39 is 11.8 Å². The maximum atomic E-state index is 11.2. The van der Waals surface area contributed by atoms with Gasteiger partial charge in [0, 0.05) is 17.5 Å². The molecule has 0 saturated carbocycles. The quantitative estimate of drug-likeness (QED) is 0.721. The van der Waals surface area contributed by atoms with Gasteiger partial charge in [0.1, 0.15) is 11.7 Å². The van der Waals surface area contributed by atoms with E-state index in [0.29, 0.717) is 17.1 Å². The maximum Gasteiger partial charge on any atom is 0.266 e. The van der Waals surface area contributed by atoms with Gasteiger partial charge in [-0.05, 0) is 26.0 Å². The first-order valence-electron chi connectivity index (χ1n) is 5.12. The van der Waals surface area contributed by atoms with E-state index in [2.05, 4.69) is 15.0 Å². The molecule has 17 heavy (non-hydrogen) atoms. The van der Waals surface area contributed by atoms with Crippen LogP contribution in [0.2, 0.25) is 0 Å². The van der Waals surface area contributed by atoms with Gasteiger partial charge in [0.2, 0.25) is 0 Å². The van der Waals surface area contributed by atoms with Crippen LogP contribution in [0.15, 0.2) is 17.1 Å². The van der Waals surface area contributed by atoms with Gasteiger partial charge in [-0.3, -0.25) is 4.79 Å². The molecular formula is C12H10N4O. The molecule has 1 aliphatic rings. The Morgan fingerprint density at radius 2 is 2.12 bits per heavy atom. The summed E-state index contributed by atoms with van der Waals surface area (Å²) in [4.78, 5) is 23.4. The fraction of sp³-hybridized carbons (Fsp3) is 0.250. The van der Waals surface area contributed by atoms with Gasteiger partial charge in [-0.2, -0.15) is 5.26 Å². The van der Waals surface area contributed by atoms with E-state index in [1.807, 2.05) is 13.0 Å². The van der Waals surface area contributed by atoms with Crippen LogP contribution in [0.25, 0.3) is 5.57 Å². The number of hydrogen-bond acceptors (Lipinski definition) is 4. The molecule has 0 fully saturated rings. The van der Waals surface area contributed by atoms with Gasteiger partial charge >= 0.3 is 0 Å². The van der Waals surface area contributed by atoms with Crippen LogP contribution in [0.3, 0.4) is 0 Å². The Labute approximate surface area is 98.5 Å². The third-order valence-electron chi connectivity index (χ3n) is 2.34. The summed E-state index contributed by atoms with van der Waals surface area (Å²) in [5.74, 6) is -0.593. The summed E-state index contributed by atoms with van der Waals surface area (Å²) in [6.45, 7) is 3.66. The van der Waals surface area contributed by atoms with E-state index in [4.69, 9.17) is 5.26 Å². The van der Waals surface area contributed by atoms with Crippen molar-refractivity contribution in [3.63, 3.8) is 0 Å². The highest BCUT2D eigenvalue weighted by Gasteiger charge is 2.20. The molecule has 84 valence electrons. The Kier molecular flexibility index (Phi) is 2.79. The Hall–Kier alpha value is -2.35. The van der Waals surface area contributed by atoms with E-state index in [-0.39, 0.29) is 0 Å². The first-order chi connectivity index (χ1) is 8.10. The van der Waals surface area contributed by atoms with Crippen LogP contribution in [0.4, 0.5) is 0 Å². The van der Waals surface area contributed by atoms with Gasteiger partial charge in [-0.15, -0.1) is 0 Å². The molecule has 1 aromatic heterocycles. The molecule has 2 heterocycles. The van der Waals surface area contributed by atoms with Gasteiger partial charge < -0.3 is 0 Å². The van der Waals surface area contributed by atoms with Gasteiger partial charge in [0.25, 0.3) is 5.91 Å². The molecule has 0 spiro atoms. The monoisotopic (exact) mass is 226 g/mol. The highest BCUT2D eigenvalue weighted by molar-refractivity contribution is 6.16. The second-order valence-corrected chi connectivity index (χ2v) is 3.77. The average molecular weight is 226 g/mol. The van der Waals surface area contributed by atoms with Crippen LogP contribution < -0.4 is 0 Å². The van der Waals surface area contributed by atoms with Gasteiger partial charge in [-0.1, -0.05) is 0 Å². The average Bonchev–Trinajstić information content (AvgIpc) is 2.28. The first-order valence-corrected chi connectivity index (χ1v) is 5.12. The summed E-state index contributed by atoms with van der Waals surface area (Å²) in [5.41, 5.74) is 2.21. The minimum absolute atomic E-state index is 0.432. The van der Waals surface area contributed by atoms with Gasteiger partial charge in [0.15, 0.2) is 0 Å². The van der Waals surface area contributed by atoms with E-state index >= 15 is 0 Å². The predicted octanol–water partition coefficient (Wildman–Crippen LogP) is 1.23. The van der Waals surface area contributed by atoms with E-state index in [9.17, 15) is 4.79 Å². The smallest absolute Gasteiger partial charge is 0.266 e. The minimum Gasteiger partial charge on any atom is -0.271 e. The van der Waals surface area contributed by atoms with Crippen LogP contribution in [0.5, 0.6) is 0 Å². The molecular weight excluding hydrogens is 216 g/mol. The SMILES string of the molecule is Cc1cc(C2=CC(C#N)C(=O)N=C2)nc(C)n1. The maximum absolute atomic E-state index is 11.2. The van der Waals surface area contributed by atoms with Crippen molar-refractivity contribution >= 4 is 17.7 Å². The Bertz CT molecular complexity index is 560. The lowest BCUT2D eigenvalue weighted by Crippen LogP contribution is -2.13. The lowest BCUT2D eigenvalue weighted by atomic mass is 10.0. The predicted molar refractivity (Wildman–Crippen MR) is 62.1 cm³/mol. The molecule has 2 rings (SSSR count). The van der Waals surface area contributed by atoms with Crippen molar-refractivity contribution in [1.29, 1.82) is 5.26 Å². The number of nitrogens with zero attached hydrogens (tertiary/aromatic N) is 4. The van der Waals surface area contributed by atoms with Crippen LogP contribution in [-0.4, -0.2) is 22.1 Å². The summed E-state index contributed by atoms with van der Waals surface area (Å²) < 4.78 is 0. The number of aliphatic imine (C=N–C) groups is 1. The zero-order chi connectivity index (χ0) is 12.4. The first kappa shape index (κ1) is 11.1. The molecule has 0 aromatic carbocycles. The molecule has 1 amide bonds. The standard InChI is InChI=1S/C12H10N4O/c1-7-3-11(16-8(2)15-7)10-4-9(5-13)12(17)14-6-10/h3-4,6,9H,1-2H3. The summed E-state index contributed by atoms with van der Waals surface area (Å²) in [6.07, 6.45) is 3.02. The summed E-state index contributed by atoms with van der Waals surface area (Å²) in [6, 6.07) is 3.70. The normalized spacial score (nSPS) is 18.8. The zero-order valence-corrected chi connectivity index (χ0v) is 9.51. The molecule has 1 atom stereocenters. The van der Waals surface area contributed by atoms with E-state index in [0.717, 1.165) is 5.69 Å². The molecule has 0 bridgehead atoms. The third-order valence-corrected chi connectivity index (χ3v) is 2.34. The van der Waals surface area contributed by atoms with Crippen molar-refractivity contribution in [3.05, 3.63) is 29.4 Å². The number of aryl methyl sites for hydroxylation is 2. The van der Waals surface area contributed by atoms with Gasteiger partial charge in [0.05, 0.1) is 11.8 Å². The van der Waals surface area contributed by atoms with Crippen molar-refractivity contribution in [2.75, 3.05) is 0 Å². The van der Waals surface area contributed by atoms with Crippen LogP contribution in [0, 0.1) is 31.1 Å². The number of carbonyl (C=O) groups is 1. The topological polar surface area (TPSA) is 79.0 Å². The van der Waals surface area contributed by atoms with Crippen molar-refractivity contribution in [3.8, 4) is 6.07 Å². The van der Waals surface area contributed by atoms with Crippen molar-refractivity contribution in [2.24, 2.45) is 10.9 Å². The fourth-order valence-electron chi connectivity index (χ4n) is 1.62. The number of rotatable bonds is 1. The zero-order valence-electron chi connectivity index (χ0n) is 9.51. The van der Waals surface area contributed by atoms with E-state index in [1.54, 1.807) is 19.1 Å². The van der Waals surface area contributed by atoms with Gasteiger partial charge in [-0.25, -0.2) is 15.0 Å². The number of amides is 1. The summed E-state index contributed by atoms with van der Waals surface area (Å²) >= 11 is 0. The number of nitriles is 1. The highest BCUT2D eigenvalue weighted by atomic mass is 16.1. The molecule has 1 aromatic rings. The lowest BCUT2D eigenvalue weighted by Gasteiger charge is -2.09. The summed E-state index contributed by atoms with van der Waals surface area (Å²) in [7, 11) is 0. The second-order valence-electron chi connectivity index (χ2n) is 3.77. The van der Waals surface area contributed by atoms with E-state index in [1.165, 1.54) is 6.21 Å². The number of hydrogen-bond donors (Lipinski definition) is 0. The third kappa shape index (κ3) is 2.26. The van der Waals surface area contributed by atoms with Crippen molar-refractivity contribution in [1.82, 2.24) is 9.97 Å². The molecule has 5 heteroatoms. The number of aromatic nitrogens is 2. The largest absolute Gasteiger partial charge is 0.271 e. The molecule has 0 saturated heterocycles. The van der Waals surface area contributed by atoms with Crippen molar-refractivity contribution in [2.45, 2.75) is 13.8 Å². The Morgan fingerprint density at radius 1 is 1.35 bits per heavy atom. The summed E-state index contributed by atoms with van der Waals surface area (Å²) in [5, 5.41) is 8.81.